The van der Waals surface area contributed by atoms with Gasteiger partial charge < -0.3 is 0 Å². The van der Waals surface area contributed by atoms with E-state index in [-0.39, 0.29) is 10.8 Å². The van der Waals surface area contributed by atoms with Gasteiger partial charge in [-0.2, -0.15) is 0 Å². The van der Waals surface area contributed by atoms with Crippen LogP contribution in [-0.4, -0.2) is 0 Å². The normalized spacial score (nSPS) is 12.7. The van der Waals surface area contributed by atoms with Crippen molar-refractivity contribution >= 4 is 32.3 Å². The van der Waals surface area contributed by atoms with Crippen molar-refractivity contribution in [1.29, 1.82) is 0 Å². The highest BCUT2D eigenvalue weighted by atomic mass is 14.5. The third-order valence-corrected chi connectivity index (χ3v) is 21.9. The number of rotatable bonds is 3. The van der Waals surface area contributed by atoms with E-state index in [1.165, 1.54) is 183 Å². The second-order valence-corrected chi connectivity index (χ2v) is 28.0. The Kier molecular flexibility index (Phi) is 16.7. The molecule has 0 fully saturated rings. The molecule has 4 aliphatic rings. The predicted molar refractivity (Wildman–Crippen MR) is 437 cm³/mol. The van der Waals surface area contributed by atoms with Gasteiger partial charge in [0.25, 0.3) is 0 Å². The number of fused-ring (bicyclic) bond motifs is 23. The van der Waals surface area contributed by atoms with Crippen LogP contribution in [0.5, 0.6) is 0 Å². The van der Waals surface area contributed by atoms with E-state index in [0.717, 1.165) is 0 Å². The van der Waals surface area contributed by atoms with E-state index < -0.39 is 0 Å². The van der Waals surface area contributed by atoms with Crippen LogP contribution in [0.15, 0.2) is 382 Å². The first-order valence-electron chi connectivity index (χ1n) is 36.1. The van der Waals surface area contributed by atoms with Crippen LogP contribution in [0.1, 0.15) is 72.3 Å². The van der Waals surface area contributed by atoms with Crippen LogP contribution in [-0.2, 0) is 10.8 Å². The topological polar surface area (TPSA) is 0 Å². The van der Waals surface area contributed by atoms with Crippen molar-refractivity contribution < 1.29 is 0 Å². The average molecular weight is 1320 g/mol. The standard InChI is InChI=1S/2C26H18.3C17H14/c1-17-9-8-13-21-20-12-4-7-16-24(20)26(25(17)21)22-14-5-2-10-18(22)19-11-3-6-15-23(19)26;1-17-14-15-25-21(16-17)20-10-4-7-13-24(20)26(25)22-11-5-2-8-18(22)19-9-3-6-12-23(19)26;1-13-9-11-15(12-10-13)17-8-4-6-14-5-2-3-7-16(14)17;1-13-11-12-16(14-7-3-2-4-8-14)17-10-6-5-9-15(13)17;1-13-6-8-15(9-7-13)17-11-10-14-4-2-3-5-16(14)12-17/h2*2-16H,1H3;3*2-12H,1H3. The van der Waals surface area contributed by atoms with Gasteiger partial charge in [0.15, 0.2) is 0 Å². The quantitative estimate of drug-likeness (QED) is 0.165. The number of aryl methyl sites for hydroxylation is 5. The van der Waals surface area contributed by atoms with E-state index in [1.54, 1.807) is 0 Å². The Bertz CT molecular complexity index is 5910. The highest BCUT2D eigenvalue weighted by Gasteiger charge is 2.53. The van der Waals surface area contributed by atoms with Gasteiger partial charge >= 0.3 is 0 Å². The van der Waals surface area contributed by atoms with Gasteiger partial charge in [0, 0.05) is 0 Å². The van der Waals surface area contributed by atoms with Crippen LogP contribution in [0.3, 0.4) is 0 Å². The van der Waals surface area contributed by atoms with Gasteiger partial charge in [0.05, 0.1) is 10.8 Å². The Morgan fingerprint density at radius 1 is 0.165 bits per heavy atom. The molecule has 21 rings (SSSR count). The molecule has 0 unspecified atom stereocenters. The summed E-state index contributed by atoms with van der Waals surface area (Å²) in [5.74, 6) is 0. The van der Waals surface area contributed by atoms with Gasteiger partial charge in [0.2, 0.25) is 0 Å². The smallest absolute Gasteiger partial charge is 0.0622 e. The first kappa shape index (κ1) is 63.9. The molecule has 490 valence electrons. The third-order valence-electron chi connectivity index (χ3n) is 21.9. The lowest BCUT2D eigenvalue weighted by atomic mass is 9.69. The lowest BCUT2D eigenvalue weighted by molar-refractivity contribution is 0.786. The molecule has 0 nitrogen and oxygen atoms in total. The second-order valence-electron chi connectivity index (χ2n) is 28.0. The summed E-state index contributed by atoms with van der Waals surface area (Å²) in [6, 6.07) is 138. The summed E-state index contributed by atoms with van der Waals surface area (Å²) in [7, 11) is 0. The van der Waals surface area contributed by atoms with Crippen molar-refractivity contribution in [3.05, 3.63) is 455 Å². The van der Waals surface area contributed by atoms with Crippen LogP contribution >= 0.6 is 0 Å². The molecule has 0 radical (unpaired) electrons. The Hall–Kier alpha value is -12.5. The van der Waals surface area contributed by atoms with E-state index >= 15 is 0 Å². The van der Waals surface area contributed by atoms with E-state index in [1.807, 2.05) is 0 Å². The summed E-state index contributed by atoms with van der Waals surface area (Å²) in [4.78, 5) is 0. The third kappa shape index (κ3) is 11.0. The largest absolute Gasteiger partial charge is 0.0728 e. The van der Waals surface area contributed by atoms with Gasteiger partial charge in [-0.3, -0.25) is 0 Å². The maximum absolute atomic E-state index is 2.35. The van der Waals surface area contributed by atoms with Crippen LogP contribution in [0.2, 0.25) is 0 Å². The van der Waals surface area contributed by atoms with Crippen molar-refractivity contribution in [2.24, 2.45) is 0 Å². The monoisotopic (exact) mass is 1310 g/mol. The van der Waals surface area contributed by atoms with E-state index in [4.69, 9.17) is 0 Å². The Morgan fingerprint density at radius 2 is 0.534 bits per heavy atom. The van der Waals surface area contributed by atoms with Crippen molar-refractivity contribution in [3.8, 4) is 77.9 Å². The highest BCUT2D eigenvalue weighted by Crippen LogP contribution is 2.65. The lowest BCUT2D eigenvalue weighted by Gasteiger charge is -2.31. The van der Waals surface area contributed by atoms with Gasteiger partial charge in [-0.05, 0) is 207 Å². The molecule has 0 saturated carbocycles. The van der Waals surface area contributed by atoms with Crippen molar-refractivity contribution in [3.63, 3.8) is 0 Å². The highest BCUT2D eigenvalue weighted by molar-refractivity contribution is 6.01. The Balaban J connectivity index is 0.0000000971. The average Bonchev–Trinajstić information content (AvgIpc) is 1.52. The molecule has 0 N–H and O–H groups in total. The summed E-state index contributed by atoms with van der Waals surface area (Å²) < 4.78 is 0. The molecule has 103 heavy (non-hydrogen) atoms. The molecule has 17 aromatic carbocycles. The summed E-state index contributed by atoms with van der Waals surface area (Å²) in [6.45, 7) is 10.8. The summed E-state index contributed by atoms with van der Waals surface area (Å²) in [5, 5.41) is 7.88. The molecular weight excluding hydrogens is 1240 g/mol. The van der Waals surface area contributed by atoms with E-state index in [2.05, 4.69) is 417 Å². The maximum atomic E-state index is 2.35. The fourth-order valence-corrected chi connectivity index (χ4v) is 17.2. The summed E-state index contributed by atoms with van der Waals surface area (Å²) >= 11 is 0. The first-order chi connectivity index (χ1) is 50.7. The van der Waals surface area contributed by atoms with E-state index in [0.29, 0.717) is 0 Å². The molecule has 0 heteroatoms. The van der Waals surface area contributed by atoms with Crippen LogP contribution in [0.25, 0.3) is 110 Å². The first-order valence-corrected chi connectivity index (χ1v) is 36.1. The van der Waals surface area contributed by atoms with Crippen molar-refractivity contribution in [2.45, 2.75) is 45.4 Å². The molecule has 0 amide bonds. The molecular formula is C103H78. The molecule has 0 bridgehead atoms. The van der Waals surface area contributed by atoms with Crippen molar-refractivity contribution in [1.82, 2.24) is 0 Å². The fourth-order valence-electron chi connectivity index (χ4n) is 17.2. The SMILES string of the molecule is Cc1ccc(-c2ccc3ccccc3c2)cc1.Cc1ccc(-c2cccc3ccccc23)cc1.Cc1ccc(-c2ccccc2)c2ccccc12.Cc1ccc2c(c1)-c1ccccc1C21c2ccccc2-c2ccccc21.Cc1cccc2c1C1(c3ccccc3-c3ccccc31)c1ccccc1-2. The predicted octanol–water partition coefficient (Wildman–Crippen LogP) is 27.1. The van der Waals surface area contributed by atoms with Crippen LogP contribution < -0.4 is 0 Å². The number of benzene rings is 17. The molecule has 0 saturated heterocycles. The van der Waals surface area contributed by atoms with Gasteiger partial charge in [0.1, 0.15) is 0 Å². The van der Waals surface area contributed by atoms with Gasteiger partial charge in [-0.1, -0.05) is 393 Å². The van der Waals surface area contributed by atoms with Crippen LogP contribution in [0.4, 0.5) is 0 Å². The molecule has 0 heterocycles. The molecule has 0 aromatic heterocycles. The number of hydrogen-bond donors (Lipinski definition) is 0. The second kappa shape index (κ2) is 26.9. The Labute approximate surface area is 606 Å². The fraction of sp³-hybridized carbons (Fsp3) is 0.0680. The lowest BCUT2D eigenvalue weighted by Crippen LogP contribution is -2.26. The zero-order chi connectivity index (χ0) is 69.6. The van der Waals surface area contributed by atoms with Gasteiger partial charge in [-0.25, -0.2) is 0 Å². The van der Waals surface area contributed by atoms with Gasteiger partial charge in [-0.15, -0.1) is 0 Å². The summed E-state index contributed by atoms with van der Waals surface area (Å²) in [6.07, 6.45) is 0. The minimum atomic E-state index is -0.190. The molecule has 4 aliphatic carbocycles. The molecule has 0 atom stereocenters. The zero-order valence-electron chi connectivity index (χ0n) is 58.9. The number of hydrogen-bond acceptors (Lipinski definition) is 0. The van der Waals surface area contributed by atoms with Crippen LogP contribution in [0, 0.1) is 34.6 Å². The summed E-state index contributed by atoms with van der Waals surface area (Å²) in [5.41, 5.74) is 36.3. The van der Waals surface area contributed by atoms with Crippen molar-refractivity contribution in [2.75, 3.05) is 0 Å². The minimum Gasteiger partial charge on any atom is -0.0622 e. The zero-order valence-corrected chi connectivity index (χ0v) is 58.9. The Morgan fingerprint density at radius 3 is 1.11 bits per heavy atom. The maximum Gasteiger partial charge on any atom is 0.0728 e. The van der Waals surface area contributed by atoms with E-state index in [9.17, 15) is 0 Å². The molecule has 17 aromatic rings. The molecule has 2 spiro atoms. The molecule has 0 aliphatic heterocycles. The minimum absolute atomic E-state index is 0.188.